The van der Waals surface area contributed by atoms with Crippen molar-refractivity contribution in [3.63, 3.8) is 0 Å². The van der Waals surface area contributed by atoms with Crippen LogP contribution in [0, 0.1) is 0 Å². The summed E-state index contributed by atoms with van der Waals surface area (Å²) in [5.74, 6) is -1.29. The average Bonchev–Trinajstić information content (AvgIpc) is 3.07. The Kier molecular flexibility index (Phi) is 39.2. The summed E-state index contributed by atoms with van der Waals surface area (Å²) in [4.78, 5) is 21.2. The number of carbonyl (C=O) groups is 2. The number of carboxylic acids is 1. The van der Waals surface area contributed by atoms with E-state index in [4.69, 9.17) is 66.7 Å². The highest BCUT2D eigenvalue weighted by atomic mass is 16.6. The molecule has 280 valence electrons. The van der Waals surface area contributed by atoms with E-state index in [0.29, 0.717) is 159 Å². The molecule has 0 fully saturated rings. The van der Waals surface area contributed by atoms with E-state index in [-0.39, 0.29) is 25.6 Å². The van der Waals surface area contributed by atoms with Crippen molar-refractivity contribution < 1.29 is 81.0 Å². The highest BCUT2D eigenvalue weighted by Crippen LogP contribution is 1.89. The molecule has 0 aliphatic rings. The van der Waals surface area contributed by atoms with Crippen LogP contribution in [0.4, 0.5) is 0 Å². The van der Waals surface area contributed by atoms with Crippen molar-refractivity contribution in [2.45, 2.75) is 6.42 Å². The van der Waals surface area contributed by atoms with Gasteiger partial charge in [0, 0.05) is 0 Å². The zero-order chi connectivity index (χ0) is 34.1. The van der Waals surface area contributed by atoms with Crippen LogP contribution in [-0.2, 0) is 75.9 Å². The van der Waals surface area contributed by atoms with E-state index in [1.54, 1.807) is 0 Å². The molecular weight excluding hydrogens is 632 g/mol. The van der Waals surface area contributed by atoms with Crippen LogP contribution in [-0.4, -0.2) is 196 Å². The molecule has 0 atom stereocenters. The Balaban J connectivity index is 3.06. The SMILES string of the molecule is COC(=O)CCOCCOCCOCCOCCOCCOCCOCCOCCOCCOCCOCCOCCOCC(=O)O. The van der Waals surface area contributed by atoms with Gasteiger partial charge in [-0.25, -0.2) is 4.79 Å². The van der Waals surface area contributed by atoms with Gasteiger partial charge in [0.2, 0.25) is 0 Å². The van der Waals surface area contributed by atoms with Crippen LogP contribution >= 0.6 is 0 Å². The predicted molar refractivity (Wildman–Crippen MR) is 165 cm³/mol. The quantitative estimate of drug-likeness (QED) is 0.0659. The zero-order valence-corrected chi connectivity index (χ0v) is 28.1. The molecule has 17 heteroatoms. The van der Waals surface area contributed by atoms with E-state index < -0.39 is 5.97 Å². The maximum absolute atomic E-state index is 10.9. The minimum atomic E-state index is -1.000. The second kappa shape index (κ2) is 40.6. The Morgan fingerprint density at radius 3 is 0.723 bits per heavy atom. The molecule has 0 saturated carbocycles. The Labute approximate surface area is 278 Å². The number of rotatable bonds is 41. The van der Waals surface area contributed by atoms with Gasteiger partial charge in [0.25, 0.3) is 0 Å². The molecule has 0 saturated heterocycles. The lowest BCUT2D eigenvalue weighted by molar-refractivity contribution is -0.143. The van der Waals surface area contributed by atoms with Gasteiger partial charge in [-0.05, 0) is 0 Å². The van der Waals surface area contributed by atoms with Gasteiger partial charge in [-0.15, -0.1) is 0 Å². The first-order chi connectivity index (χ1) is 23.2. The van der Waals surface area contributed by atoms with Gasteiger partial charge in [-0.3, -0.25) is 4.79 Å². The van der Waals surface area contributed by atoms with Gasteiger partial charge in [-0.2, -0.15) is 0 Å². The van der Waals surface area contributed by atoms with Crippen molar-refractivity contribution in [2.75, 3.05) is 179 Å². The van der Waals surface area contributed by atoms with E-state index >= 15 is 0 Å². The number of esters is 1. The van der Waals surface area contributed by atoms with Gasteiger partial charge in [-0.1, -0.05) is 0 Å². The molecule has 0 radical (unpaired) electrons. The van der Waals surface area contributed by atoms with E-state index in [9.17, 15) is 9.59 Å². The van der Waals surface area contributed by atoms with Crippen molar-refractivity contribution in [3.8, 4) is 0 Å². The third-order valence-corrected chi connectivity index (χ3v) is 5.37. The third kappa shape index (κ3) is 42.4. The van der Waals surface area contributed by atoms with Crippen molar-refractivity contribution >= 4 is 11.9 Å². The van der Waals surface area contributed by atoms with Gasteiger partial charge in [0.15, 0.2) is 0 Å². The molecular formula is C30H58O17. The summed E-state index contributed by atoms with van der Waals surface area (Å²) in [6.07, 6.45) is 0.239. The van der Waals surface area contributed by atoms with Gasteiger partial charge < -0.3 is 71.4 Å². The molecule has 0 amide bonds. The average molecular weight is 691 g/mol. The predicted octanol–water partition coefficient (Wildman–Crippen LogP) is -0.150. The topological polar surface area (TPSA) is 184 Å². The molecule has 17 nitrogen and oxygen atoms in total. The van der Waals surface area contributed by atoms with Crippen molar-refractivity contribution in [1.82, 2.24) is 0 Å². The van der Waals surface area contributed by atoms with Crippen LogP contribution in [0.5, 0.6) is 0 Å². The highest BCUT2D eigenvalue weighted by Gasteiger charge is 2.00. The first-order valence-corrected chi connectivity index (χ1v) is 16.0. The summed E-state index contributed by atoms with van der Waals surface area (Å²) < 4.78 is 74.1. The highest BCUT2D eigenvalue weighted by molar-refractivity contribution is 5.69. The monoisotopic (exact) mass is 690 g/mol. The maximum atomic E-state index is 10.9. The Morgan fingerprint density at radius 1 is 0.340 bits per heavy atom. The summed E-state index contributed by atoms with van der Waals surface area (Å²) in [5, 5.41) is 8.42. The van der Waals surface area contributed by atoms with Gasteiger partial charge in [0.05, 0.1) is 179 Å². The first kappa shape index (κ1) is 45.4. The fraction of sp³-hybridized carbons (Fsp3) is 0.933. The lowest BCUT2D eigenvalue weighted by atomic mass is 10.5. The molecule has 0 aliphatic carbocycles. The molecule has 0 aliphatic heterocycles. The summed E-state index contributed by atoms with van der Waals surface area (Å²) in [5.41, 5.74) is 0. The minimum Gasteiger partial charge on any atom is -0.480 e. The summed E-state index contributed by atoms with van der Waals surface area (Å²) >= 11 is 0. The third-order valence-electron chi connectivity index (χ3n) is 5.37. The maximum Gasteiger partial charge on any atom is 0.329 e. The second-order valence-electron chi connectivity index (χ2n) is 9.12. The molecule has 0 aromatic carbocycles. The normalized spacial score (nSPS) is 11.3. The molecule has 0 bridgehead atoms. The van der Waals surface area contributed by atoms with Crippen LogP contribution in [0.3, 0.4) is 0 Å². The first-order valence-electron chi connectivity index (χ1n) is 16.0. The molecule has 0 unspecified atom stereocenters. The van der Waals surface area contributed by atoms with Crippen LogP contribution in [0.1, 0.15) is 6.42 Å². The number of hydrogen-bond donors (Lipinski definition) is 1. The lowest BCUT2D eigenvalue weighted by Gasteiger charge is -2.09. The molecule has 1 N–H and O–H groups in total. The van der Waals surface area contributed by atoms with E-state index in [2.05, 4.69) is 4.74 Å². The second-order valence-corrected chi connectivity index (χ2v) is 9.12. The van der Waals surface area contributed by atoms with Crippen molar-refractivity contribution in [3.05, 3.63) is 0 Å². The molecule has 0 spiro atoms. The Bertz CT molecular complexity index is 644. The van der Waals surface area contributed by atoms with E-state index in [1.165, 1.54) is 7.11 Å². The molecule has 0 rings (SSSR count). The summed E-state index contributed by atoms with van der Waals surface area (Å²) in [7, 11) is 1.35. The van der Waals surface area contributed by atoms with Gasteiger partial charge in [0.1, 0.15) is 6.61 Å². The number of aliphatic carboxylic acids is 1. The van der Waals surface area contributed by atoms with E-state index in [1.807, 2.05) is 0 Å². The number of carbonyl (C=O) groups excluding carboxylic acids is 1. The van der Waals surface area contributed by atoms with Gasteiger partial charge >= 0.3 is 11.9 Å². The van der Waals surface area contributed by atoms with Crippen LogP contribution in [0.15, 0.2) is 0 Å². The number of methoxy groups -OCH3 is 1. The molecule has 0 heterocycles. The standard InChI is InChI=1S/C30H58O17/c1-34-30(33)2-3-35-4-5-36-6-7-37-8-9-38-10-11-39-12-13-40-14-15-41-16-17-42-18-19-43-20-21-44-22-23-45-24-25-46-26-27-47-28-29(31)32/h2-28H2,1H3,(H,31,32). The number of ether oxygens (including phenoxy) is 14. The summed E-state index contributed by atoms with van der Waals surface area (Å²) in [6, 6.07) is 0. The largest absolute Gasteiger partial charge is 0.480 e. The van der Waals surface area contributed by atoms with Crippen LogP contribution in [0.2, 0.25) is 0 Å². The van der Waals surface area contributed by atoms with Crippen molar-refractivity contribution in [2.24, 2.45) is 0 Å². The zero-order valence-electron chi connectivity index (χ0n) is 28.1. The lowest BCUT2D eigenvalue weighted by Crippen LogP contribution is -2.16. The summed E-state index contributed by atoms with van der Waals surface area (Å²) in [6.45, 7) is 10.8. The molecule has 0 aromatic heterocycles. The fourth-order valence-corrected chi connectivity index (χ4v) is 3.06. The Hall–Kier alpha value is -1.58. The van der Waals surface area contributed by atoms with Crippen LogP contribution in [0.25, 0.3) is 0 Å². The number of hydrogen-bond acceptors (Lipinski definition) is 16. The molecule has 47 heavy (non-hydrogen) atoms. The van der Waals surface area contributed by atoms with Crippen LogP contribution < -0.4 is 0 Å². The molecule has 0 aromatic rings. The smallest absolute Gasteiger partial charge is 0.329 e. The minimum absolute atomic E-state index is 0.237. The number of carboxylic acid groups (broad SMARTS) is 1. The Morgan fingerprint density at radius 2 is 0.532 bits per heavy atom. The fourth-order valence-electron chi connectivity index (χ4n) is 3.06. The van der Waals surface area contributed by atoms with E-state index in [0.717, 1.165) is 0 Å². The van der Waals surface area contributed by atoms with Crippen molar-refractivity contribution in [1.29, 1.82) is 0 Å².